The molecule has 116 valence electrons. The molecule has 0 spiro atoms. The van der Waals surface area contributed by atoms with Crippen molar-refractivity contribution >= 4 is 21.4 Å². The number of aryl methyl sites for hydroxylation is 1. The van der Waals surface area contributed by atoms with Gasteiger partial charge in [0, 0.05) is 21.7 Å². The molecule has 0 unspecified atom stereocenters. The maximum absolute atomic E-state index is 4.06. The second-order valence-corrected chi connectivity index (χ2v) is 9.33. The molecule has 4 saturated carbocycles. The number of nitrogens with one attached hydrogen (secondary N) is 1. The second kappa shape index (κ2) is 4.82. The molecule has 4 aliphatic rings. The summed E-state index contributed by atoms with van der Waals surface area (Å²) in [5.41, 5.74) is 1.98. The maximum atomic E-state index is 4.06. The quantitative estimate of drug-likeness (QED) is 0.814. The van der Waals surface area contributed by atoms with Gasteiger partial charge in [-0.2, -0.15) is 0 Å². The summed E-state index contributed by atoms with van der Waals surface area (Å²) < 4.78 is 1.45. The molecule has 22 heavy (non-hydrogen) atoms. The van der Waals surface area contributed by atoms with E-state index in [1.165, 1.54) is 54.2 Å². The standard InChI is InChI=1S/C20H25NS/c1-13-17-4-2-3-5-18(17)22-19(13)12-21-20-9-14-6-15(10-20)8-16(7-14)11-20/h2-5,14-16,21H,6-12H2,1H3. The highest BCUT2D eigenvalue weighted by Crippen LogP contribution is 2.55. The van der Waals surface area contributed by atoms with Gasteiger partial charge in [0.05, 0.1) is 0 Å². The zero-order valence-electron chi connectivity index (χ0n) is 13.4. The van der Waals surface area contributed by atoms with Gasteiger partial charge in [0.2, 0.25) is 0 Å². The van der Waals surface area contributed by atoms with Gasteiger partial charge in [-0.1, -0.05) is 18.2 Å². The van der Waals surface area contributed by atoms with Crippen molar-refractivity contribution in [2.75, 3.05) is 0 Å². The third-order valence-corrected chi connectivity index (χ3v) is 7.88. The maximum Gasteiger partial charge on any atom is 0.0348 e. The summed E-state index contributed by atoms with van der Waals surface area (Å²) in [4.78, 5) is 1.55. The Labute approximate surface area is 137 Å². The van der Waals surface area contributed by atoms with Crippen molar-refractivity contribution in [3.05, 3.63) is 34.7 Å². The van der Waals surface area contributed by atoms with Crippen LogP contribution in [-0.2, 0) is 6.54 Å². The fourth-order valence-electron chi connectivity index (χ4n) is 5.99. The number of fused-ring (bicyclic) bond motifs is 1. The molecule has 0 radical (unpaired) electrons. The minimum atomic E-state index is 0.483. The smallest absolute Gasteiger partial charge is 0.0348 e. The van der Waals surface area contributed by atoms with Crippen molar-refractivity contribution in [3.8, 4) is 0 Å². The summed E-state index contributed by atoms with van der Waals surface area (Å²) in [5, 5.41) is 5.51. The minimum Gasteiger partial charge on any atom is -0.306 e. The Hall–Kier alpha value is -0.860. The van der Waals surface area contributed by atoms with Crippen LogP contribution >= 0.6 is 11.3 Å². The van der Waals surface area contributed by atoms with E-state index in [0.717, 1.165) is 24.3 Å². The Morgan fingerprint density at radius 2 is 1.68 bits per heavy atom. The average Bonchev–Trinajstić information content (AvgIpc) is 2.81. The van der Waals surface area contributed by atoms with Crippen LogP contribution in [0, 0.1) is 24.7 Å². The van der Waals surface area contributed by atoms with E-state index in [0.29, 0.717) is 5.54 Å². The Morgan fingerprint density at radius 3 is 2.32 bits per heavy atom. The lowest BCUT2D eigenvalue weighted by Crippen LogP contribution is -2.58. The molecule has 0 atom stereocenters. The highest BCUT2D eigenvalue weighted by atomic mass is 32.1. The molecule has 4 aliphatic carbocycles. The molecular formula is C20H25NS. The number of thiophene rings is 1. The largest absolute Gasteiger partial charge is 0.306 e. The predicted molar refractivity (Wildman–Crippen MR) is 94.3 cm³/mol. The first-order valence-corrected chi connectivity index (χ1v) is 9.74. The van der Waals surface area contributed by atoms with Gasteiger partial charge in [0.15, 0.2) is 0 Å². The molecule has 6 rings (SSSR count). The highest BCUT2D eigenvalue weighted by molar-refractivity contribution is 7.19. The van der Waals surface area contributed by atoms with E-state index >= 15 is 0 Å². The van der Waals surface area contributed by atoms with Gasteiger partial charge >= 0.3 is 0 Å². The van der Waals surface area contributed by atoms with Gasteiger partial charge < -0.3 is 5.32 Å². The molecule has 1 nitrogen and oxygen atoms in total. The summed E-state index contributed by atoms with van der Waals surface area (Å²) >= 11 is 1.99. The molecule has 4 bridgehead atoms. The zero-order chi connectivity index (χ0) is 14.7. The monoisotopic (exact) mass is 311 g/mol. The van der Waals surface area contributed by atoms with E-state index in [1.54, 1.807) is 4.88 Å². The van der Waals surface area contributed by atoms with Crippen molar-refractivity contribution < 1.29 is 0 Å². The lowest BCUT2D eigenvalue weighted by molar-refractivity contribution is -0.0204. The first kappa shape index (κ1) is 13.6. The van der Waals surface area contributed by atoms with Gasteiger partial charge in [0.25, 0.3) is 0 Å². The number of hydrogen-bond acceptors (Lipinski definition) is 2. The van der Waals surface area contributed by atoms with Crippen molar-refractivity contribution in [2.45, 2.75) is 57.5 Å². The van der Waals surface area contributed by atoms with Crippen LogP contribution in [0.5, 0.6) is 0 Å². The zero-order valence-corrected chi connectivity index (χ0v) is 14.2. The van der Waals surface area contributed by atoms with Crippen LogP contribution in [0.1, 0.15) is 49.0 Å². The average molecular weight is 311 g/mol. The lowest BCUT2D eigenvalue weighted by atomic mass is 9.53. The van der Waals surface area contributed by atoms with Crippen molar-refractivity contribution in [1.29, 1.82) is 0 Å². The van der Waals surface area contributed by atoms with Gasteiger partial charge in [-0.15, -0.1) is 11.3 Å². The summed E-state index contributed by atoms with van der Waals surface area (Å²) in [6.07, 6.45) is 8.93. The Morgan fingerprint density at radius 1 is 1.05 bits per heavy atom. The van der Waals surface area contributed by atoms with E-state index < -0.39 is 0 Å². The van der Waals surface area contributed by atoms with Gasteiger partial charge in [-0.3, -0.25) is 0 Å². The van der Waals surface area contributed by atoms with Gasteiger partial charge in [-0.25, -0.2) is 0 Å². The Balaban J connectivity index is 1.39. The van der Waals surface area contributed by atoms with Crippen LogP contribution in [0.3, 0.4) is 0 Å². The second-order valence-electron chi connectivity index (χ2n) is 8.20. The SMILES string of the molecule is Cc1c(CNC23CC4CC(CC(C4)C2)C3)sc2ccccc12. The van der Waals surface area contributed by atoms with Crippen LogP contribution in [0.15, 0.2) is 24.3 Å². The molecule has 0 saturated heterocycles. The van der Waals surface area contributed by atoms with Gasteiger partial charge in [0.1, 0.15) is 0 Å². The van der Waals surface area contributed by atoms with Crippen molar-refractivity contribution in [3.63, 3.8) is 0 Å². The Kier molecular flexibility index (Phi) is 2.97. The van der Waals surface area contributed by atoms with E-state index in [2.05, 4.69) is 36.5 Å². The first-order chi connectivity index (χ1) is 10.7. The van der Waals surface area contributed by atoms with E-state index in [9.17, 15) is 0 Å². The molecule has 2 heteroatoms. The molecule has 4 fully saturated rings. The molecule has 1 aromatic heterocycles. The molecular weight excluding hydrogens is 286 g/mol. The van der Waals surface area contributed by atoms with Crippen molar-refractivity contribution in [1.82, 2.24) is 5.32 Å². The fourth-order valence-corrected chi connectivity index (χ4v) is 7.14. The van der Waals surface area contributed by atoms with Crippen molar-refractivity contribution in [2.24, 2.45) is 17.8 Å². The predicted octanol–water partition coefficient (Wildman–Crippen LogP) is 5.27. The normalized spacial score (nSPS) is 36.3. The fraction of sp³-hybridized carbons (Fsp3) is 0.600. The lowest BCUT2D eigenvalue weighted by Gasteiger charge is -2.57. The molecule has 1 aromatic carbocycles. The third kappa shape index (κ3) is 2.07. The topological polar surface area (TPSA) is 12.0 Å². The van der Waals surface area contributed by atoms with E-state index in [1.807, 2.05) is 11.3 Å². The highest BCUT2D eigenvalue weighted by Gasteiger charge is 2.50. The van der Waals surface area contributed by atoms with Crippen LogP contribution in [-0.4, -0.2) is 5.54 Å². The van der Waals surface area contributed by atoms with Crippen LogP contribution in [0.25, 0.3) is 10.1 Å². The minimum absolute atomic E-state index is 0.483. The summed E-state index contributed by atoms with van der Waals surface area (Å²) in [6.45, 7) is 3.38. The molecule has 0 amide bonds. The summed E-state index contributed by atoms with van der Waals surface area (Å²) in [5.74, 6) is 3.09. The molecule has 1 heterocycles. The molecule has 1 N–H and O–H groups in total. The van der Waals surface area contributed by atoms with E-state index in [4.69, 9.17) is 0 Å². The molecule has 2 aromatic rings. The molecule has 0 aliphatic heterocycles. The number of benzene rings is 1. The Bertz CT molecular complexity index is 678. The van der Waals surface area contributed by atoms with Crippen LogP contribution in [0.2, 0.25) is 0 Å². The third-order valence-electron chi connectivity index (χ3n) is 6.60. The van der Waals surface area contributed by atoms with Crippen LogP contribution in [0.4, 0.5) is 0 Å². The van der Waals surface area contributed by atoms with Gasteiger partial charge in [-0.05, 0) is 80.2 Å². The van der Waals surface area contributed by atoms with Crippen LogP contribution < -0.4 is 5.32 Å². The summed E-state index contributed by atoms with van der Waals surface area (Å²) in [7, 11) is 0. The number of hydrogen-bond donors (Lipinski definition) is 1. The number of rotatable bonds is 3. The summed E-state index contributed by atoms with van der Waals surface area (Å²) in [6, 6.07) is 8.86. The van der Waals surface area contributed by atoms with E-state index in [-0.39, 0.29) is 0 Å². The first-order valence-electron chi connectivity index (χ1n) is 8.93.